The Labute approximate surface area is 205 Å². The summed E-state index contributed by atoms with van der Waals surface area (Å²) in [6.07, 6.45) is 0.0296. The van der Waals surface area contributed by atoms with Crippen molar-refractivity contribution in [3.63, 3.8) is 0 Å². The highest BCUT2D eigenvalue weighted by atomic mass is 16.5. The van der Waals surface area contributed by atoms with Gasteiger partial charge in [-0.1, -0.05) is 61.9 Å². The first-order valence-corrected chi connectivity index (χ1v) is 12.0. The van der Waals surface area contributed by atoms with Crippen LogP contribution in [0.4, 0.5) is 4.79 Å². The first-order valence-electron chi connectivity index (χ1n) is 12.0. The summed E-state index contributed by atoms with van der Waals surface area (Å²) in [5, 5.41) is 24.4. The summed E-state index contributed by atoms with van der Waals surface area (Å²) in [7, 11) is 0. The van der Waals surface area contributed by atoms with Crippen LogP contribution in [0.5, 0.6) is 0 Å². The highest BCUT2D eigenvalue weighted by molar-refractivity contribution is 5.79. The van der Waals surface area contributed by atoms with Crippen LogP contribution in [-0.2, 0) is 14.3 Å². The van der Waals surface area contributed by atoms with E-state index in [-0.39, 0.29) is 37.4 Å². The number of alkyl carbamates (subject to hydrolysis) is 1. The zero-order valence-corrected chi connectivity index (χ0v) is 20.2. The van der Waals surface area contributed by atoms with Gasteiger partial charge in [-0.05, 0) is 42.0 Å². The van der Waals surface area contributed by atoms with Gasteiger partial charge in [-0.15, -0.1) is 0 Å². The lowest BCUT2D eigenvalue weighted by atomic mass is 9.98. The number of carbonyl (C=O) groups excluding carboxylic acids is 2. The lowest BCUT2D eigenvalue weighted by molar-refractivity contribution is -0.141. The van der Waals surface area contributed by atoms with E-state index in [0.29, 0.717) is 19.3 Å². The fourth-order valence-corrected chi connectivity index (χ4v) is 4.40. The molecule has 0 fully saturated rings. The van der Waals surface area contributed by atoms with E-state index in [2.05, 4.69) is 22.8 Å². The molecule has 2 amide bonds. The molecule has 0 aliphatic heterocycles. The van der Waals surface area contributed by atoms with Gasteiger partial charge in [-0.3, -0.25) is 9.59 Å². The molecule has 8 nitrogen and oxygen atoms in total. The molecule has 1 aliphatic rings. The molecule has 0 heterocycles. The van der Waals surface area contributed by atoms with Crippen molar-refractivity contribution in [2.75, 3.05) is 13.2 Å². The molecule has 3 rings (SSSR count). The molecule has 35 heavy (non-hydrogen) atoms. The Morgan fingerprint density at radius 1 is 0.971 bits per heavy atom. The molecule has 3 atom stereocenters. The number of aliphatic hydroxyl groups is 1. The number of carbonyl (C=O) groups is 3. The number of nitrogens with one attached hydrogen (secondary N) is 2. The molecule has 0 radical (unpaired) electrons. The topological polar surface area (TPSA) is 125 Å². The summed E-state index contributed by atoms with van der Waals surface area (Å²) in [6.45, 7) is 3.57. The van der Waals surface area contributed by atoms with E-state index >= 15 is 0 Å². The molecule has 0 bridgehead atoms. The highest BCUT2D eigenvalue weighted by Gasteiger charge is 2.29. The van der Waals surface area contributed by atoms with E-state index in [1.165, 1.54) is 0 Å². The van der Waals surface area contributed by atoms with Gasteiger partial charge in [0.2, 0.25) is 5.91 Å². The molecule has 2 aromatic carbocycles. The van der Waals surface area contributed by atoms with Crippen LogP contribution < -0.4 is 10.6 Å². The number of aliphatic hydroxyl groups excluding tert-OH is 1. The van der Waals surface area contributed by atoms with E-state index in [9.17, 15) is 19.5 Å². The lowest BCUT2D eigenvalue weighted by Crippen LogP contribution is -2.39. The van der Waals surface area contributed by atoms with Crippen LogP contribution in [0, 0.1) is 5.92 Å². The maximum atomic E-state index is 12.2. The van der Waals surface area contributed by atoms with Crippen molar-refractivity contribution >= 4 is 18.0 Å². The van der Waals surface area contributed by atoms with E-state index < -0.39 is 24.1 Å². The number of fused-ring (bicyclic) bond motifs is 3. The second-order valence-corrected chi connectivity index (χ2v) is 9.20. The molecule has 8 heteroatoms. The van der Waals surface area contributed by atoms with Gasteiger partial charge >= 0.3 is 12.1 Å². The Morgan fingerprint density at radius 2 is 1.57 bits per heavy atom. The minimum absolute atomic E-state index is 0.0520. The number of hydrogen-bond acceptors (Lipinski definition) is 5. The van der Waals surface area contributed by atoms with E-state index in [0.717, 1.165) is 22.3 Å². The standard InChI is InChI=1S/C27H34N2O6/c1-17(26(32)33)8-7-9-18(2)29-25(31)14-19(30)15-28-27(34)35-16-24-22-12-5-3-10-20(22)21-11-4-6-13-23(21)24/h3-6,10-13,17-19,24,30H,7-9,14-16H2,1-2H3,(H,28,34)(H,29,31)(H,32,33). The number of benzene rings is 2. The Bertz CT molecular complexity index is 994. The lowest BCUT2D eigenvalue weighted by Gasteiger charge is -2.17. The van der Waals surface area contributed by atoms with Gasteiger partial charge in [0.05, 0.1) is 18.4 Å². The molecule has 1 aliphatic carbocycles. The second kappa shape index (κ2) is 12.4. The summed E-state index contributed by atoms with van der Waals surface area (Å²) in [4.78, 5) is 35.2. The third-order valence-electron chi connectivity index (χ3n) is 6.35. The number of hydrogen-bond donors (Lipinski definition) is 4. The maximum Gasteiger partial charge on any atom is 0.407 e. The van der Waals surface area contributed by atoms with Gasteiger partial charge in [0.25, 0.3) is 0 Å². The minimum Gasteiger partial charge on any atom is -0.481 e. The van der Waals surface area contributed by atoms with Gasteiger partial charge in [-0.25, -0.2) is 4.79 Å². The Morgan fingerprint density at radius 3 is 2.17 bits per heavy atom. The first kappa shape index (κ1) is 26.2. The van der Waals surface area contributed by atoms with E-state index in [4.69, 9.17) is 9.84 Å². The zero-order chi connectivity index (χ0) is 25.4. The molecule has 4 N–H and O–H groups in total. The van der Waals surface area contributed by atoms with Crippen molar-refractivity contribution in [3.05, 3.63) is 59.7 Å². The Kier molecular flexibility index (Phi) is 9.25. The third-order valence-corrected chi connectivity index (χ3v) is 6.35. The predicted octanol–water partition coefficient (Wildman–Crippen LogP) is 3.67. The molecular formula is C27H34N2O6. The first-order chi connectivity index (χ1) is 16.8. The van der Waals surface area contributed by atoms with Crippen molar-refractivity contribution < 1.29 is 29.3 Å². The van der Waals surface area contributed by atoms with Crippen molar-refractivity contribution in [2.24, 2.45) is 5.92 Å². The largest absolute Gasteiger partial charge is 0.481 e. The summed E-state index contributed by atoms with van der Waals surface area (Å²) >= 11 is 0. The van der Waals surface area contributed by atoms with Crippen molar-refractivity contribution in [2.45, 2.75) is 57.6 Å². The van der Waals surface area contributed by atoms with Crippen molar-refractivity contribution in [1.29, 1.82) is 0 Å². The molecule has 0 aromatic heterocycles. The smallest absolute Gasteiger partial charge is 0.407 e. The van der Waals surface area contributed by atoms with Crippen LogP contribution in [0.2, 0.25) is 0 Å². The Balaban J connectivity index is 1.37. The van der Waals surface area contributed by atoms with Gasteiger partial charge < -0.3 is 25.6 Å². The van der Waals surface area contributed by atoms with Crippen LogP contribution >= 0.6 is 0 Å². The van der Waals surface area contributed by atoms with Crippen LogP contribution in [-0.4, -0.2) is 53.5 Å². The van der Waals surface area contributed by atoms with E-state index in [1.54, 1.807) is 6.92 Å². The Hall–Kier alpha value is -3.39. The number of ether oxygens (including phenoxy) is 1. The average molecular weight is 483 g/mol. The fourth-order valence-electron chi connectivity index (χ4n) is 4.40. The minimum atomic E-state index is -1.05. The van der Waals surface area contributed by atoms with Crippen molar-refractivity contribution in [3.8, 4) is 11.1 Å². The zero-order valence-electron chi connectivity index (χ0n) is 20.2. The number of rotatable bonds is 12. The van der Waals surface area contributed by atoms with Crippen molar-refractivity contribution in [1.82, 2.24) is 10.6 Å². The monoisotopic (exact) mass is 482 g/mol. The number of amides is 2. The molecule has 2 aromatic rings. The molecule has 3 unspecified atom stereocenters. The van der Waals surface area contributed by atoms with Crippen LogP contribution in [0.15, 0.2) is 48.5 Å². The van der Waals surface area contributed by atoms with Crippen LogP contribution in [0.25, 0.3) is 11.1 Å². The van der Waals surface area contributed by atoms with Gasteiger partial charge in [0.15, 0.2) is 0 Å². The second-order valence-electron chi connectivity index (χ2n) is 9.20. The van der Waals surface area contributed by atoms with Crippen LogP contribution in [0.1, 0.15) is 56.6 Å². The maximum absolute atomic E-state index is 12.2. The molecular weight excluding hydrogens is 448 g/mol. The quantitative estimate of drug-likeness (QED) is 0.366. The van der Waals surface area contributed by atoms with Crippen LogP contribution in [0.3, 0.4) is 0 Å². The normalized spacial score (nSPS) is 14.8. The van der Waals surface area contributed by atoms with Gasteiger partial charge in [0, 0.05) is 18.5 Å². The number of carboxylic acid groups (broad SMARTS) is 1. The molecule has 188 valence electrons. The predicted molar refractivity (Wildman–Crippen MR) is 132 cm³/mol. The molecule has 0 saturated carbocycles. The highest BCUT2D eigenvalue weighted by Crippen LogP contribution is 2.44. The molecule has 0 spiro atoms. The summed E-state index contributed by atoms with van der Waals surface area (Å²) in [5.74, 6) is -1.62. The van der Waals surface area contributed by atoms with Gasteiger partial charge in [0.1, 0.15) is 6.61 Å². The third kappa shape index (κ3) is 7.29. The SMILES string of the molecule is CC(CCCC(C)C(=O)O)NC(=O)CC(O)CNC(=O)OCC1c2ccccc2-c2ccccc21. The molecule has 0 saturated heterocycles. The summed E-state index contributed by atoms with van der Waals surface area (Å²) in [6, 6.07) is 16.0. The summed E-state index contributed by atoms with van der Waals surface area (Å²) in [5.41, 5.74) is 4.52. The number of carboxylic acids is 1. The van der Waals surface area contributed by atoms with Gasteiger partial charge in [-0.2, -0.15) is 0 Å². The summed E-state index contributed by atoms with van der Waals surface area (Å²) < 4.78 is 5.44. The van der Waals surface area contributed by atoms with E-state index in [1.807, 2.05) is 43.3 Å². The average Bonchev–Trinajstić information content (AvgIpc) is 3.15. The number of aliphatic carboxylic acids is 1. The fraction of sp³-hybridized carbons (Fsp3) is 0.444.